The number of rotatable bonds is 4. The summed E-state index contributed by atoms with van der Waals surface area (Å²) in [5, 5.41) is 0.0559. The van der Waals surface area contributed by atoms with Crippen LogP contribution >= 0.6 is 11.6 Å². The van der Waals surface area contributed by atoms with E-state index in [1.165, 1.54) is 6.07 Å². The number of carbonyl (C=O) groups excluding carboxylic acids is 1. The van der Waals surface area contributed by atoms with E-state index in [1.807, 2.05) is 0 Å². The van der Waals surface area contributed by atoms with Crippen LogP contribution in [0, 0.1) is 5.82 Å². The molecule has 0 aromatic heterocycles. The molecule has 2 rings (SSSR count). The minimum absolute atomic E-state index is 0.0419. The smallest absolute Gasteiger partial charge is 0.169 e. The van der Waals surface area contributed by atoms with E-state index in [4.69, 9.17) is 16.3 Å². The van der Waals surface area contributed by atoms with Crippen molar-refractivity contribution in [1.29, 1.82) is 0 Å². The van der Waals surface area contributed by atoms with E-state index in [0.29, 0.717) is 5.56 Å². The fourth-order valence-corrected chi connectivity index (χ4v) is 2.93. The molecule has 2 nitrogen and oxygen atoms in total. The zero-order chi connectivity index (χ0) is 13.9. The topological polar surface area (TPSA) is 26.3 Å². The molecule has 0 spiro atoms. The highest BCUT2D eigenvalue weighted by molar-refractivity contribution is 6.30. The summed E-state index contributed by atoms with van der Waals surface area (Å²) in [6.45, 7) is 0. The molecule has 1 aliphatic carbocycles. The molecule has 0 bridgehead atoms. The van der Waals surface area contributed by atoms with Crippen molar-refractivity contribution in [2.45, 2.75) is 44.1 Å². The van der Waals surface area contributed by atoms with Crippen molar-refractivity contribution in [2.75, 3.05) is 7.11 Å². The van der Waals surface area contributed by atoms with Crippen LogP contribution in [0.25, 0.3) is 0 Å². The van der Waals surface area contributed by atoms with Gasteiger partial charge in [0.2, 0.25) is 0 Å². The molecule has 0 saturated heterocycles. The van der Waals surface area contributed by atoms with Gasteiger partial charge in [-0.2, -0.15) is 0 Å². The van der Waals surface area contributed by atoms with Gasteiger partial charge < -0.3 is 4.74 Å². The summed E-state index contributed by atoms with van der Waals surface area (Å²) in [5.41, 5.74) is -0.382. The van der Waals surface area contributed by atoms with Gasteiger partial charge in [-0.1, -0.05) is 43.0 Å². The molecular weight excluding hydrogens is 267 g/mol. The van der Waals surface area contributed by atoms with Crippen LogP contribution in [-0.4, -0.2) is 18.5 Å². The number of hydrogen-bond donors (Lipinski definition) is 0. The molecular formula is C15H18ClFO2. The van der Waals surface area contributed by atoms with Crippen molar-refractivity contribution < 1.29 is 13.9 Å². The van der Waals surface area contributed by atoms with Gasteiger partial charge in [-0.15, -0.1) is 0 Å². The minimum Gasteiger partial charge on any atom is -0.370 e. The van der Waals surface area contributed by atoms with Crippen LogP contribution in [0.4, 0.5) is 4.39 Å². The Balaban J connectivity index is 2.17. The maximum absolute atomic E-state index is 13.8. The molecule has 1 aliphatic rings. The normalized spacial score (nSPS) is 18.3. The van der Waals surface area contributed by atoms with Crippen LogP contribution in [-0.2, 0) is 16.0 Å². The molecule has 0 heterocycles. The molecule has 104 valence electrons. The first kappa shape index (κ1) is 14.5. The molecule has 0 amide bonds. The predicted octanol–water partition coefficient (Wildman–Crippen LogP) is 3.94. The molecule has 0 N–H and O–H groups in total. The third kappa shape index (κ3) is 2.98. The van der Waals surface area contributed by atoms with E-state index in [9.17, 15) is 9.18 Å². The number of methoxy groups -OCH3 is 1. The third-order valence-electron chi connectivity index (χ3n) is 3.94. The van der Waals surface area contributed by atoms with Crippen LogP contribution in [0.15, 0.2) is 18.2 Å². The summed E-state index contributed by atoms with van der Waals surface area (Å²) in [7, 11) is 1.57. The number of ketones is 1. The van der Waals surface area contributed by atoms with E-state index in [2.05, 4.69) is 0 Å². The van der Waals surface area contributed by atoms with Gasteiger partial charge in [0.15, 0.2) is 5.78 Å². The van der Waals surface area contributed by atoms with Crippen LogP contribution in [0.1, 0.15) is 37.7 Å². The van der Waals surface area contributed by atoms with Crippen molar-refractivity contribution in [3.8, 4) is 0 Å². The third-order valence-corrected chi connectivity index (χ3v) is 4.23. The first-order valence-corrected chi connectivity index (χ1v) is 6.98. The van der Waals surface area contributed by atoms with Crippen molar-refractivity contribution in [3.05, 3.63) is 34.6 Å². The fourth-order valence-electron chi connectivity index (χ4n) is 2.74. The molecule has 4 heteroatoms. The Morgan fingerprint density at radius 3 is 2.68 bits per heavy atom. The second-order valence-corrected chi connectivity index (χ2v) is 5.48. The number of Topliss-reactive ketones (excluding diaryl/α,β-unsaturated/α-hetero) is 1. The quantitative estimate of drug-likeness (QED) is 0.837. The van der Waals surface area contributed by atoms with Crippen molar-refractivity contribution in [2.24, 2.45) is 0 Å². The predicted molar refractivity (Wildman–Crippen MR) is 72.9 cm³/mol. The highest BCUT2D eigenvalue weighted by Gasteiger charge is 2.39. The maximum Gasteiger partial charge on any atom is 0.169 e. The number of benzene rings is 1. The highest BCUT2D eigenvalue weighted by Crippen LogP contribution is 2.33. The molecule has 19 heavy (non-hydrogen) atoms. The number of ether oxygens (including phenoxy) is 1. The largest absolute Gasteiger partial charge is 0.370 e. The summed E-state index contributed by atoms with van der Waals surface area (Å²) < 4.78 is 19.3. The Labute approximate surface area is 117 Å². The van der Waals surface area contributed by atoms with Gasteiger partial charge in [0.25, 0.3) is 0 Å². The lowest BCUT2D eigenvalue weighted by Crippen LogP contribution is -2.43. The summed E-state index contributed by atoms with van der Waals surface area (Å²) in [6, 6.07) is 4.75. The zero-order valence-corrected chi connectivity index (χ0v) is 11.8. The van der Waals surface area contributed by atoms with Crippen LogP contribution in [0.3, 0.4) is 0 Å². The van der Waals surface area contributed by atoms with Crippen LogP contribution in [0.5, 0.6) is 0 Å². The molecule has 1 saturated carbocycles. The summed E-state index contributed by atoms with van der Waals surface area (Å²) in [4.78, 5) is 12.4. The minimum atomic E-state index is -0.729. The Morgan fingerprint density at radius 1 is 1.37 bits per heavy atom. The van der Waals surface area contributed by atoms with Gasteiger partial charge in [-0.05, 0) is 24.5 Å². The maximum atomic E-state index is 13.8. The molecule has 0 unspecified atom stereocenters. The number of carbonyl (C=O) groups is 1. The summed E-state index contributed by atoms with van der Waals surface area (Å²) in [5.74, 6) is -0.546. The summed E-state index contributed by atoms with van der Waals surface area (Å²) in [6.07, 6.45) is 4.59. The van der Waals surface area contributed by atoms with E-state index >= 15 is 0 Å². The standard InChI is InChI=1S/C15H18ClFO2/c1-19-15(8-3-2-4-9-15)13(18)10-11-6-5-7-12(16)14(11)17/h5-7H,2-4,8-10H2,1H3. The first-order chi connectivity index (χ1) is 9.09. The second-order valence-electron chi connectivity index (χ2n) is 5.07. The molecule has 1 aromatic rings. The van der Waals surface area contributed by atoms with E-state index in [-0.39, 0.29) is 17.2 Å². The SMILES string of the molecule is COC1(C(=O)Cc2cccc(Cl)c2F)CCCCC1. The van der Waals surface area contributed by atoms with Gasteiger partial charge in [0.1, 0.15) is 11.4 Å². The Morgan fingerprint density at radius 2 is 2.05 bits per heavy atom. The lowest BCUT2D eigenvalue weighted by Gasteiger charge is -2.34. The van der Waals surface area contributed by atoms with Gasteiger partial charge in [-0.25, -0.2) is 4.39 Å². The van der Waals surface area contributed by atoms with Gasteiger partial charge in [0, 0.05) is 13.5 Å². The number of halogens is 2. The number of hydrogen-bond acceptors (Lipinski definition) is 2. The van der Waals surface area contributed by atoms with Crippen molar-refractivity contribution >= 4 is 17.4 Å². The highest BCUT2D eigenvalue weighted by atomic mass is 35.5. The molecule has 0 radical (unpaired) electrons. The fraction of sp³-hybridized carbons (Fsp3) is 0.533. The lowest BCUT2D eigenvalue weighted by atomic mass is 9.79. The van der Waals surface area contributed by atoms with Crippen LogP contribution < -0.4 is 0 Å². The summed E-state index contributed by atoms with van der Waals surface area (Å²) >= 11 is 5.73. The second kappa shape index (κ2) is 6.02. The molecule has 0 aliphatic heterocycles. The van der Waals surface area contributed by atoms with Gasteiger partial charge in [-0.3, -0.25) is 4.79 Å². The lowest BCUT2D eigenvalue weighted by molar-refractivity contribution is -0.144. The Hall–Kier alpha value is -0.930. The molecule has 1 fully saturated rings. The monoisotopic (exact) mass is 284 g/mol. The average Bonchev–Trinajstić information content (AvgIpc) is 2.44. The van der Waals surface area contributed by atoms with E-state index in [1.54, 1.807) is 19.2 Å². The van der Waals surface area contributed by atoms with Crippen molar-refractivity contribution in [1.82, 2.24) is 0 Å². The molecule has 0 atom stereocenters. The first-order valence-electron chi connectivity index (χ1n) is 6.60. The Bertz CT molecular complexity index is 467. The Kier molecular flexibility index (Phi) is 4.58. The van der Waals surface area contributed by atoms with Gasteiger partial charge in [0.05, 0.1) is 5.02 Å². The van der Waals surface area contributed by atoms with E-state index < -0.39 is 11.4 Å². The average molecular weight is 285 g/mol. The van der Waals surface area contributed by atoms with Crippen molar-refractivity contribution in [3.63, 3.8) is 0 Å². The van der Waals surface area contributed by atoms with E-state index in [0.717, 1.165) is 32.1 Å². The van der Waals surface area contributed by atoms with Gasteiger partial charge >= 0.3 is 0 Å². The zero-order valence-electron chi connectivity index (χ0n) is 11.0. The molecule has 1 aromatic carbocycles. The van der Waals surface area contributed by atoms with Crippen LogP contribution in [0.2, 0.25) is 5.02 Å².